The number of nitro benzene ring substituents is 1. The number of hydrogen-bond donors (Lipinski definition) is 2. The van der Waals surface area contributed by atoms with Crippen molar-refractivity contribution < 1.29 is 14.5 Å². The molecule has 2 amide bonds. The van der Waals surface area contributed by atoms with Gasteiger partial charge in [0.05, 0.1) is 11.5 Å². The van der Waals surface area contributed by atoms with Crippen LogP contribution in [0.4, 0.5) is 17.1 Å². The number of carbonyl (C=O) groups excluding carboxylic acids is 2. The number of amides is 2. The summed E-state index contributed by atoms with van der Waals surface area (Å²) in [5.74, 6) is -0.793. The molecule has 9 nitrogen and oxygen atoms in total. The number of piperazine rings is 1. The van der Waals surface area contributed by atoms with E-state index in [1.807, 2.05) is 41.8 Å². The Bertz CT molecular complexity index is 983. The zero-order chi connectivity index (χ0) is 21.8. The van der Waals surface area contributed by atoms with E-state index in [-0.39, 0.29) is 23.7 Å². The molecule has 1 saturated heterocycles. The lowest BCUT2D eigenvalue weighted by molar-refractivity contribution is -0.384. The minimum atomic E-state index is -0.704. The van der Waals surface area contributed by atoms with Crippen molar-refractivity contribution in [3.63, 3.8) is 0 Å². The van der Waals surface area contributed by atoms with Crippen LogP contribution in [0.5, 0.6) is 0 Å². The number of aryl methyl sites for hydroxylation is 1. The van der Waals surface area contributed by atoms with E-state index in [1.54, 1.807) is 6.07 Å². The Kier molecular flexibility index (Phi) is 6.31. The fraction of sp³-hybridized carbons (Fsp3) is 0.333. The molecule has 0 saturated carbocycles. The van der Waals surface area contributed by atoms with Gasteiger partial charge in [-0.1, -0.05) is 12.1 Å². The summed E-state index contributed by atoms with van der Waals surface area (Å²) in [6, 6.07) is 10.1. The number of nitrogens with two attached hydrogens (primary N) is 1. The summed E-state index contributed by atoms with van der Waals surface area (Å²) in [5.41, 5.74) is 8.60. The van der Waals surface area contributed by atoms with E-state index in [4.69, 9.17) is 5.73 Å². The summed E-state index contributed by atoms with van der Waals surface area (Å²) in [4.78, 5) is 38.6. The standard InChI is InChI=1S/C21H25N5O4/c1-14-4-3-5-17(15(14)2)23-20(27)13-24-8-10-25(11-9-24)18-7-6-16(21(22)28)12-19(18)26(29)30/h3-7,12H,8-11,13H2,1-2H3,(H2,22,28)(H,23,27). The number of rotatable bonds is 6. The van der Waals surface area contributed by atoms with Crippen LogP contribution in [0.2, 0.25) is 0 Å². The first-order valence-corrected chi connectivity index (χ1v) is 9.68. The van der Waals surface area contributed by atoms with Gasteiger partial charge >= 0.3 is 0 Å². The average molecular weight is 411 g/mol. The second-order valence-electron chi connectivity index (χ2n) is 7.38. The predicted molar refractivity (Wildman–Crippen MR) is 115 cm³/mol. The van der Waals surface area contributed by atoms with Gasteiger partial charge in [0, 0.05) is 43.5 Å². The third-order valence-corrected chi connectivity index (χ3v) is 5.42. The van der Waals surface area contributed by atoms with Gasteiger partial charge in [0.25, 0.3) is 5.69 Å². The van der Waals surface area contributed by atoms with Crippen LogP contribution in [0.15, 0.2) is 36.4 Å². The Morgan fingerprint density at radius 2 is 1.83 bits per heavy atom. The van der Waals surface area contributed by atoms with E-state index in [0.29, 0.717) is 31.9 Å². The molecule has 0 unspecified atom stereocenters. The number of carbonyl (C=O) groups is 2. The van der Waals surface area contributed by atoms with Gasteiger partial charge in [0.2, 0.25) is 11.8 Å². The van der Waals surface area contributed by atoms with Crippen LogP contribution in [-0.2, 0) is 4.79 Å². The van der Waals surface area contributed by atoms with Gasteiger partial charge in [-0.2, -0.15) is 0 Å². The van der Waals surface area contributed by atoms with Gasteiger partial charge < -0.3 is 16.0 Å². The number of nitro groups is 1. The van der Waals surface area contributed by atoms with Crippen LogP contribution in [0.3, 0.4) is 0 Å². The Labute approximate surface area is 174 Å². The maximum atomic E-state index is 12.4. The number of nitrogens with zero attached hydrogens (tertiary/aromatic N) is 3. The molecule has 2 aromatic rings. The molecule has 0 aromatic heterocycles. The van der Waals surface area contributed by atoms with Gasteiger partial charge in [0.15, 0.2) is 0 Å². The average Bonchev–Trinajstić information content (AvgIpc) is 2.71. The minimum absolute atomic E-state index is 0.0889. The van der Waals surface area contributed by atoms with E-state index in [2.05, 4.69) is 5.32 Å². The maximum Gasteiger partial charge on any atom is 0.293 e. The van der Waals surface area contributed by atoms with E-state index in [9.17, 15) is 19.7 Å². The Balaban J connectivity index is 1.61. The molecule has 0 atom stereocenters. The van der Waals surface area contributed by atoms with Crippen molar-refractivity contribution in [1.29, 1.82) is 0 Å². The lowest BCUT2D eigenvalue weighted by Gasteiger charge is -2.35. The lowest BCUT2D eigenvalue weighted by atomic mass is 10.1. The van der Waals surface area contributed by atoms with Crippen LogP contribution in [0.25, 0.3) is 0 Å². The van der Waals surface area contributed by atoms with Crippen molar-refractivity contribution in [3.05, 3.63) is 63.2 Å². The van der Waals surface area contributed by atoms with Crippen LogP contribution in [0.1, 0.15) is 21.5 Å². The zero-order valence-electron chi connectivity index (χ0n) is 17.1. The highest BCUT2D eigenvalue weighted by Gasteiger charge is 2.25. The van der Waals surface area contributed by atoms with Gasteiger partial charge in [-0.15, -0.1) is 0 Å². The summed E-state index contributed by atoms with van der Waals surface area (Å²) in [6.07, 6.45) is 0. The van der Waals surface area contributed by atoms with Gasteiger partial charge in [-0.3, -0.25) is 24.6 Å². The maximum absolute atomic E-state index is 12.4. The molecule has 1 heterocycles. The van der Waals surface area contributed by atoms with Crippen molar-refractivity contribution in [1.82, 2.24) is 4.90 Å². The summed E-state index contributed by atoms with van der Waals surface area (Å²) in [6.45, 7) is 6.48. The Hall–Kier alpha value is -3.46. The van der Waals surface area contributed by atoms with Crippen LogP contribution < -0.4 is 16.0 Å². The fourth-order valence-electron chi connectivity index (χ4n) is 3.52. The summed E-state index contributed by atoms with van der Waals surface area (Å²) >= 11 is 0. The molecule has 1 aliphatic rings. The fourth-order valence-corrected chi connectivity index (χ4v) is 3.52. The van der Waals surface area contributed by atoms with Gasteiger partial charge in [-0.05, 0) is 43.2 Å². The van der Waals surface area contributed by atoms with Crippen molar-refractivity contribution >= 4 is 28.9 Å². The van der Waals surface area contributed by atoms with Crippen molar-refractivity contribution in [2.45, 2.75) is 13.8 Å². The molecule has 0 radical (unpaired) electrons. The highest BCUT2D eigenvalue weighted by molar-refractivity contribution is 5.94. The molecule has 0 spiro atoms. The second-order valence-corrected chi connectivity index (χ2v) is 7.38. The number of anilines is 2. The van der Waals surface area contributed by atoms with E-state index in [1.165, 1.54) is 12.1 Å². The second kappa shape index (κ2) is 8.91. The third kappa shape index (κ3) is 4.74. The molecule has 0 bridgehead atoms. The molecule has 1 fully saturated rings. The minimum Gasteiger partial charge on any atom is -0.366 e. The number of hydrogen-bond acceptors (Lipinski definition) is 6. The SMILES string of the molecule is Cc1cccc(NC(=O)CN2CCN(c3ccc(C(N)=O)cc3[N+](=O)[O-])CC2)c1C. The summed E-state index contributed by atoms with van der Waals surface area (Å²) in [5, 5.41) is 14.4. The van der Waals surface area contributed by atoms with E-state index >= 15 is 0 Å². The highest BCUT2D eigenvalue weighted by atomic mass is 16.6. The monoisotopic (exact) mass is 411 g/mol. The number of benzene rings is 2. The predicted octanol–water partition coefficient (Wildman–Crippen LogP) is 2.07. The Morgan fingerprint density at radius 3 is 2.47 bits per heavy atom. The summed E-state index contributed by atoms with van der Waals surface area (Å²) in [7, 11) is 0. The van der Waals surface area contributed by atoms with Crippen LogP contribution in [0, 0.1) is 24.0 Å². The van der Waals surface area contributed by atoms with Crippen molar-refractivity contribution in [2.24, 2.45) is 5.73 Å². The molecule has 3 N–H and O–H groups in total. The normalized spacial score (nSPS) is 14.4. The van der Waals surface area contributed by atoms with Crippen molar-refractivity contribution in [2.75, 3.05) is 42.9 Å². The van der Waals surface area contributed by atoms with E-state index < -0.39 is 10.8 Å². The molecule has 158 valence electrons. The molecule has 0 aliphatic carbocycles. The van der Waals surface area contributed by atoms with Gasteiger partial charge in [-0.25, -0.2) is 0 Å². The molecule has 30 heavy (non-hydrogen) atoms. The molecule has 3 rings (SSSR count). The smallest absolute Gasteiger partial charge is 0.293 e. The first-order valence-electron chi connectivity index (χ1n) is 9.68. The van der Waals surface area contributed by atoms with Crippen molar-refractivity contribution in [3.8, 4) is 0 Å². The van der Waals surface area contributed by atoms with E-state index in [0.717, 1.165) is 16.8 Å². The lowest BCUT2D eigenvalue weighted by Crippen LogP contribution is -2.48. The quantitative estimate of drug-likeness (QED) is 0.554. The molecule has 1 aliphatic heterocycles. The summed E-state index contributed by atoms with van der Waals surface area (Å²) < 4.78 is 0. The highest BCUT2D eigenvalue weighted by Crippen LogP contribution is 2.30. The number of nitrogens with one attached hydrogen (secondary N) is 1. The topological polar surface area (TPSA) is 122 Å². The van der Waals surface area contributed by atoms with Crippen LogP contribution >= 0.6 is 0 Å². The van der Waals surface area contributed by atoms with Crippen LogP contribution in [-0.4, -0.2) is 54.4 Å². The number of primary amides is 1. The Morgan fingerprint density at radius 1 is 1.13 bits per heavy atom. The molecule has 9 heteroatoms. The zero-order valence-corrected chi connectivity index (χ0v) is 17.1. The molecule has 2 aromatic carbocycles. The largest absolute Gasteiger partial charge is 0.366 e. The van der Waals surface area contributed by atoms with Gasteiger partial charge in [0.1, 0.15) is 5.69 Å². The third-order valence-electron chi connectivity index (χ3n) is 5.42. The molecular formula is C21H25N5O4. The molecular weight excluding hydrogens is 386 g/mol. The first-order chi connectivity index (χ1) is 14.3. The first kappa shape index (κ1) is 21.3.